The fourth-order valence-electron chi connectivity index (χ4n) is 2.64. The summed E-state index contributed by atoms with van der Waals surface area (Å²) in [6.07, 6.45) is 6.59. The number of thiazole rings is 1. The van der Waals surface area contributed by atoms with Crippen LogP contribution in [0.5, 0.6) is 0 Å². The second-order valence-corrected chi connectivity index (χ2v) is 6.15. The summed E-state index contributed by atoms with van der Waals surface area (Å²) < 4.78 is 0. The molecule has 2 heterocycles. The number of hydrogen-bond donors (Lipinski definition) is 1. The van der Waals surface area contributed by atoms with E-state index in [1.165, 1.54) is 24.1 Å². The molecular weight excluding hydrogens is 268 g/mol. The number of hydrogen-bond acceptors (Lipinski definition) is 5. The molecular formula is C15H20N4S. The van der Waals surface area contributed by atoms with Gasteiger partial charge in [0.1, 0.15) is 0 Å². The largest absolute Gasteiger partial charge is 0.310 e. The quantitative estimate of drug-likeness (QED) is 0.938. The second kappa shape index (κ2) is 5.97. The van der Waals surface area contributed by atoms with Crippen molar-refractivity contribution < 1.29 is 0 Å². The van der Waals surface area contributed by atoms with Gasteiger partial charge in [0, 0.05) is 34.6 Å². The lowest BCUT2D eigenvalue weighted by Gasteiger charge is -2.25. The Hall–Kier alpha value is -1.33. The average Bonchev–Trinajstić information content (AvgIpc) is 2.91. The van der Waals surface area contributed by atoms with Crippen LogP contribution in [0.15, 0.2) is 11.6 Å². The molecule has 0 aromatic carbocycles. The maximum Gasteiger partial charge on any atom is 0.188 e. The van der Waals surface area contributed by atoms with Crippen molar-refractivity contribution in [2.45, 2.75) is 45.6 Å². The molecule has 0 aliphatic heterocycles. The number of rotatable bonds is 4. The van der Waals surface area contributed by atoms with Gasteiger partial charge in [-0.2, -0.15) is 0 Å². The average molecular weight is 288 g/mol. The SMILES string of the molecule is CCCNC1CCCc2nc(-c3nc(C)cs3)ncc21. The minimum Gasteiger partial charge on any atom is -0.310 e. The molecule has 1 atom stereocenters. The molecule has 3 rings (SSSR count). The zero-order valence-corrected chi connectivity index (χ0v) is 12.8. The lowest BCUT2D eigenvalue weighted by atomic mass is 9.92. The van der Waals surface area contributed by atoms with Gasteiger partial charge in [-0.15, -0.1) is 11.3 Å². The van der Waals surface area contributed by atoms with Crippen LogP contribution >= 0.6 is 11.3 Å². The number of nitrogens with one attached hydrogen (secondary N) is 1. The van der Waals surface area contributed by atoms with Crippen LogP contribution in [-0.2, 0) is 6.42 Å². The molecule has 0 spiro atoms. The minimum atomic E-state index is 0.422. The van der Waals surface area contributed by atoms with E-state index in [-0.39, 0.29) is 0 Å². The van der Waals surface area contributed by atoms with Crippen LogP contribution in [0.3, 0.4) is 0 Å². The van der Waals surface area contributed by atoms with Gasteiger partial charge in [-0.3, -0.25) is 0 Å². The van der Waals surface area contributed by atoms with Crippen molar-refractivity contribution in [2.75, 3.05) is 6.54 Å². The van der Waals surface area contributed by atoms with Crippen LogP contribution < -0.4 is 5.32 Å². The molecule has 0 fully saturated rings. The van der Waals surface area contributed by atoms with Crippen molar-refractivity contribution >= 4 is 11.3 Å². The highest BCUT2D eigenvalue weighted by Gasteiger charge is 2.22. The number of aryl methyl sites for hydroxylation is 2. The Kier molecular flexibility index (Phi) is 4.08. The lowest BCUT2D eigenvalue weighted by molar-refractivity contribution is 0.454. The van der Waals surface area contributed by atoms with Gasteiger partial charge in [0.05, 0.1) is 0 Å². The standard InChI is InChI=1S/C15H20N4S/c1-3-7-16-12-5-4-6-13-11(12)8-17-14(19-13)15-18-10(2)9-20-15/h8-9,12,16H,3-7H2,1-2H3. The fourth-order valence-corrected chi connectivity index (χ4v) is 3.37. The van der Waals surface area contributed by atoms with E-state index in [9.17, 15) is 0 Å². The van der Waals surface area contributed by atoms with Gasteiger partial charge in [0.25, 0.3) is 0 Å². The molecule has 1 N–H and O–H groups in total. The van der Waals surface area contributed by atoms with E-state index in [4.69, 9.17) is 4.98 Å². The Morgan fingerprint density at radius 1 is 1.40 bits per heavy atom. The van der Waals surface area contributed by atoms with E-state index < -0.39 is 0 Å². The summed E-state index contributed by atoms with van der Waals surface area (Å²) in [7, 11) is 0. The highest BCUT2D eigenvalue weighted by atomic mass is 32.1. The van der Waals surface area contributed by atoms with E-state index in [1.807, 2.05) is 18.5 Å². The molecule has 20 heavy (non-hydrogen) atoms. The summed E-state index contributed by atoms with van der Waals surface area (Å²) >= 11 is 1.62. The van der Waals surface area contributed by atoms with Gasteiger partial charge in [-0.1, -0.05) is 6.92 Å². The zero-order valence-electron chi connectivity index (χ0n) is 12.0. The van der Waals surface area contributed by atoms with Gasteiger partial charge >= 0.3 is 0 Å². The Morgan fingerprint density at radius 2 is 2.30 bits per heavy atom. The van der Waals surface area contributed by atoms with Crippen LogP contribution in [-0.4, -0.2) is 21.5 Å². The third kappa shape index (κ3) is 2.74. The van der Waals surface area contributed by atoms with Crippen LogP contribution in [0, 0.1) is 6.92 Å². The summed E-state index contributed by atoms with van der Waals surface area (Å²) in [6, 6.07) is 0.422. The van der Waals surface area contributed by atoms with Crippen molar-refractivity contribution in [1.29, 1.82) is 0 Å². The van der Waals surface area contributed by atoms with E-state index >= 15 is 0 Å². The summed E-state index contributed by atoms with van der Waals surface area (Å²) in [5, 5.41) is 6.57. The molecule has 0 amide bonds. The van der Waals surface area contributed by atoms with Gasteiger partial charge in [0.15, 0.2) is 10.8 Å². The van der Waals surface area contributed by atoms with Crippen molar-refractivity contribution in [3.05, 3.63) is 28.5 Å². The molecule has 0 saturated heterocycles. The first-order chi connectivity index (χ1) is 9.78. The smallest absolute Gasteiger partial charge is 0.188 e. The molecule has 106 valence electrons. The fraction of sp³-hybridized carbons (Fsp3) is 0.533. The van der Waals surface area contributed by atoms with E-state index in [0.717, 1.165) is 35.9 Å². The first-order valence-corrected chi connectivity index (χ1v) is 8.17. The molecule has 0 saturated carbocycles. The first-order valence-electron chi connectivity index (χ1n) is 7.29. The van der Waals surface area contributed by atoms with E-state index in [0.29, 0.717) is 6.04 Å². The third-order valence-corrected chi connectivity index (χ3v) is 4.59. The summed E-state index contributed by atoms with van der Waals surface area (Å²) in [5.74, 6) is 0.776. The zero-order chi connectivity index (χ0) is 13.9. The Balaban J connectivity index is 1.88. The van der Waals surface area contributed by atoms with Crippen molar-refractivity contribution in [3.63, 3.8) is 0 Å². The predicted molar refractivity (Wildman–Crippen MR) is 81.8 cm³/mol. The molecule has 5 heteroatoms. The molecule has 1 aliphatic rings. The second-order valence-electron chi connectivity index (χ2n) is 5.29. The van der Waals surface area contributed by atoms with E-state index in [2.05, 4.69) is 22.2 Å². The van der Waals surface area contributed by atoms with Crippen molar-refractivity contribution in [2.24, 2.45) is 0 Å². The molecule has 2 aromatic heterocycles. The monoisotopic (exact) mass is 288 g/mol. The van der Waals surface area contributed by atoms with Crippen LogP contribution in [0.4, 0.5) is 0 Å². The normalized spacial score (nSPS) is 18.0. The van der Waals surface area contributed by atoms with Gasteiger partial charge < -0.3 is 5.32 Å². The Bertz CT molecular complexity index is 593. The van der Waals surface area contributed by atoms with Crippen LogP contribution in [0.2, 0.25) is 0 Å². The summed E-state index contributed by atoms with van der Waals surface area (Å²) in [6.45, 7) is 5.25. The lowest BCUT2D eigenvalue weighted by Crippen LogP contribution is -2.26. The third-order valence-electron chi connectivity index (χ3n) is 3.63. The predicted octanol–water partition coefficient (Wildman–Crippen LogP) is 3.29. The van der Waals surface area contributed by atoms with E-state index in [1.54, 1.807) is 11.3 Å². The molecule has 1 aliphatic carbocycles. The summed E-state index contributed by atoms with van der Waals surface area (Å²) in [4.78, 5) is 13.8. The van der Waals surface area contributed by atoms with Crippen LogP contribution in [0.1, 0.15) is 49.2 Å². The highest BCUT2D eigenvalue weighted by molar-refractivity contribution is 7.13. The maximum absolute atomic E-state index is 4.75. The maximum atomic E-state index is 4.75. The number of nitrogens with zero attached hydrogens (tertiary/aromatic N) is 3. The van der Waals surface area contributed by atoms with Crippen LogP contribution in [0.25, 0.3) is 10.8 Å². The molecule has 0 radical (unpaired) electrons. The molecule has 0 bridgehead atoms. The number of aromatic nitrogens is 3. The highest BCUT2D eigenvalue weighted by Crippen LogP contribution is 2.30. The molecule has 1 unspecified atom stereocenters. The Morgan fingerprint density at radius 3 is 3.05 bits per heavy atom. The molecule has 4 nitrogen and oxygen atoms in total. The van der Waals surface area contributed by atoms with Crippen molar-refractivity contribution in [1.82, 2.24) is 20.3 Å². The van der Waals surface area contributed by atoms with Gasteiger partial charge in [0.2, 0.25) is 0 Å². The summed E-state index contributed by atoms with van der Waals surface area (Å²) in [5.41, 5.74) is 3.51. The van der Waals surface area contributed by atoms with Gasteiger partial charge in [-0.25, -0.2) is 15.0 Å². The van der Waals surface area contributed by atoms with Crippen molar-refractivity contribution in [3.8, 4) is 10.8 Å². The first kappa shape index (κ1) is 13.6. The van der Waals surface area contributed by atoms with Gasteiger partial charge in [-0.05, 0) is 39.2 Å². The topological polar surface area (TPSA) is 50.7 Å². The molecule has 2 aromatic rings. The minimum absolute atomic E-state index is 0.422. The Labute approximate surface area is 123 Å². The number of fused-ring (bicyclic) bond motifs is 1.